The lowest BCUT2D eigenvalue weighted by molar-refractivity contribution is -0.139. The zero-order valence-electron chi connectivity index (χ0n) is 17.7. The first-order valence-electron chi connectivity index (χ1n) is 10.6. The molecule has 1 heterocycles. The Labute approximate surface area is 186 Å². The molecule has 1 fully saturated rings. The van der Waals surface area contributed by atoms with Gasteiger partial charge in [0, 0.05) is 5.92 Å². The molecule has 3 aromatic carbocycles. The fraction of sp³-hybridized carbons (Fsp3) is 0.231. The lowest BCUT2D eigenvalue weighted by atomic mass is 9.98. The van der Waals surface area contributed by atoms with Gasteiger partial charge in [0.2, 0.25) is 0 Å². The molecule has 2 aliphatic rings. The van der Waals surface area contributed by atoms with Crippen LogP contribution in [0.3, 0.4) is 0 Å². The van der Waals surface area contributed by atoms with Gasteiger partial charge in [0.25, 0.3) is 0 Å². The minimum absolute atomic E-state index is 0.00643. The fourth-order valence-electron chi connectivity index (χ4n) is 4.34. The number of carbonyl (C=O) groups is 2. The number of ether oxygens (including phenoxy) is 3. The molecule has 1 saturated heterocycles. The Hall–Kier alpha value is -3.80. The average Bonchev–Trinajstić information content (AvgIpc) is 3.34. The largest absolute Gasteiger partial charge is 0.491 e. The molecule has 162 valence electrons. The number of benzene rings is 3. The van der Waals surface area contributed by atoms with Crippen molar-refractivity contribution in [1.82, 2.24) is 4.90 Å². The van der Waals surface area contributed by atoms with E-state index in [0.717, 1.165) is 27.8 Å². The summed E-state index contributed by atoms with van der Waals surface area (Å²) in [5, 5.41) is 0. The van der Waals surface area contributed by atoms with Gasteiger partial charge in [-0.3, -0.25) is 4.90 Å². The quantitative estimate of drug-likeness (QED) is 0.559. The summed E-state index contributed by atoms with van der Waals surface area (Å²) < 4.78 is 16.5. The zero-order valence-corrected chi connectivity index (χ0v) is 17.7. The van der Waals surface area contributed by atoms with Gasteiger partial charge < -0.3 is 14.2 Å². The highest BCUT2D eigenvalue weighted by Crippen LogP contribution is 2.44. The van der Waals surface area contributed by atoms with Gasteiger partial charge in [0.1, 0.15) is 19.0 Å². The lowest BCUT2D eigenvalue weighted by Gasteiger charge is -2.21. The van der Waals surface area contributed by atoms with Crippen molar-refractivity contribution in [2.75, 3.05) is 19.9 Å². The Kier molecular flexibility index (Phi) is 5.27. The third-order valence-electron chi connectivity index (χ3n) is 5.96. The van der Waals surface area contributed by atoms with Gasteiger partial charge in [-0.2, -0.15) is 0 Å². The third-order valence-corrected chi connectivity index (χ3v) is 5.96. The number of nitrogens with zero attached hydrogens (tertiary/aromatic N) is 1. The Morgan fingerprint density at radius 1 is 0.969 bits per heavy atom. The molecule has 3 aromatic rings. The van der Waals surface area contributed by atoms with E-state index in [0.29, 0.717) is 5.75 Å². The normalized spacial score (nSPS) is 17.0. The second-order valence-electron chi connectivity index (χ2n) is 8.01. The monoisotopic (exact) mass is 429 g/mol. The molecule has 32 heavy (non-hydrogen) atoms. The van der Waals surface area contributed by atoms with Crippen LogP contribution in [0.1, 0.15) is 22.6 Å². The first kappa shape index (κ1) is 20.1. The highest BCUT2D eigenvalue weighted by molar-refractivity contribution is 5.84. The smallest absolute Gasteiger partial charge is 0.413 e. The van der Waals surface area contributed by atoms with E-state index in [2.05, 4.69) is 24.3 Å². The summed E-state index contributed by atoms with van der Waals surface area (Å²) >= 11 is 0. The summed E-state index contributed by atoms with van der Waals surface area (Å²) in [6.07, 6.45) is -0.587. The summed E-state index contributed by atoms with van der Waals surface area (Å²) in [7, 11) is 0. The van der Waals surface area contributed by atoms with Crippen LogP contribution in [0.15, 0.2) is 72.8 Å². The lowest BCUT2D eigenvalue weighted by Crippen LogP contribution is -2.42. The van der Waals surface area contributed by atoms with Gasteiger partial charge in [-0.1, -0.05) is 60.7 Å². The maximum atomic E-state index is 12.9. The predicted molar refractivity (Wildman–Crippen MR) is 118 cm³/mol. The van der Waals surface area contributed by atoms with Crippen molar-refractivity contribution in [3.8, 4) is 16.9 Å². The highest BCUT2D eigenvalue weighted by Gasteiger charge is 2.40. The number of hydrogen-bond donors (Lipinski definition) is 0. The van der Waals surface area contributed by atoms with Crippen molar-refractivity contribution in [3.63, 3.8) is 0 Å². The van der Waals surface area contributed by atoms with Crippen molar-refractivity contribution in [2.45, 2.75) is 18.9 Å². The molecular formula is C26H23NO5. The molecule has 0 N–H and O–H groups in total. The summed E-state index contributed by atoms with van der Waals surface area (Å²) in [4.78, 5) is 26.4. The Balaban J connectivity index is 1.27. The van der Waals surface area contributed by atoms with Crippen LogP contribution < -0.4 is 4.74 Å². The Morgan fingerprint density at radius 3 is 2.34 bits per heavy atom. The molecule has 0 bridgehead atoms. The summed E-state index contributed by atoms with van der Waals surface area (Å²) in [6, 6.07) is 23.0. The predicted octanol–water partition coefficient (Wildman–Crippen LogP) is 4.51. The van der Waals surface area contributed by atoms with Crippen LogP contribution >= 0.6 is 0 Å². The van der Waals surface area contributed by atoms with E-state index in [-0.39, 0.29) is 25.9 Å². The fourth-order valence-corrected chi connectivity index (χ4v) is 4.34. The first-order chi connectivity index (χ1) is 15.6. The number of cyclic esters (lactones) is 1. The minimum atomic E-state index is -0.842. The van der Waals surface area contributed by atoms with Crippen molar-refractivity contribution < 1.29 is 23.8 Å². The summed E-state index contributed by atoms with van der Waals surface area (Å²) in [5.74, 6) is 0.0934. The van der Waals surface area contributed by atoms with Gasteiger partial charge in [-0.25, -0.2) is 9.59 Å². The van der Waals surface area contributed by atoms with E-state index < -0.39 is 18.1 Å². The zero-order chi connectivity index (χ0) is 22.1. The topological polar surface area (TPSA) is 65.1 Å². The number of aryl methyl sites for hydroxylation is 1. The van der Waals surface area contributed by atoms with Crippen molar-refractivity contribution in [2.24, 2.45) is 0 Å². The number of rotatable bonds is 5. The molecule has 5 rings (SSSR count). The Bertz CT molecular complexity index is 1130. The second-order valence-corrected chi connectivity index (χ2v) is 8.01. The molecule has 0 aromatic heterocycles. The SMILES string of the molecule is Cc1cccc(OC[C@H]2C(=O)OCN2C(=O)OCC2c3ccccc3-c3ccccc32)c1. The van der Waals surface area contributed by atoms with Gasteiger partial charge in [-0.15, -0.1) is 0 Å². The minimum Gasteiger partial charge on any atom is -0.491 e. The summed E-state index contributed by atoms with van der Waals surface area (Å²) in [6.45, 7) is 2.01. The molecule has 1 aliphatic heterocycles. The van der Waals surface area contributed by atoms with E-state index in [4.69, 9.17) is 14.2 Å². The van der Waals surface area contributed by atoms with Gasteiger partial charge >= 0.3 is 12.1 Å². The van der Waals surface area contributed by atoms with Crippen molar-refractivity contribution >= 4 is 12.1 Å². The Morgan fingerprint density at radius 2 is 1.66 bits per heavy atom. The molecule has 0 saturated carbocycles. The van der Waals surface area contributed by atoms with Crippen LogP contribution in [-0.4, -0.2) is 42.9 Å². The third kappa shape index (κ3) is 3.68. The van der Waals surface area contributed by atoms with Crippen LogP contribution in [0.4, 0.5) is 4.79 Å². The van der Waals surface area contributed by atoms with Gasteiger partial charge in [-0.05, 0) is 46.9 Å². The maximum Gasteiger partial charge on any atom is 0.413 e. The molecule has 1 atom stereocenters. The standard InChI is InChI=1S/C26H23NO5/c1-17-7-6-8-18(13-17)30-15-24-25(28)32-16-27(24)26(29)31-14-23-21-11-4-2-9-19(21)20-10-3-5-12-22(20)23/h2-13,23-24H,14-16H2,1H3/t24-/m0/s1. The number of esters is 1. The molecule has 6 nitrogen and oxygen atoms in total. The van der Waals surface area contributed by atoms with E-state index in [1.807, 2.05) is 55.5 Å². The van der Waals surface area contributed by atoms with Gasteiger partial charge in [0.15, 0.2) is 12.8 Å². The second kappa shape index (κ2) is 8.38. The molecule has 0 radical (unpaired) electrons. The van der Waals surface area contributed by atoms with Gasteiger partial charge in [0.05, 0.1) is 0 Å². The van der Waals surface area contributed by atoms with E-state index in [1.54, 1.807) is 0 Å². The van der Waals surface area contributed by atoms with Crippen LogP contribution in [-0.2, 0) is 14.3 Å². The van der Waals surface area contributed by atoms with Crippen LogP contribution in [0, 0.1) is 6.92 Å². The van der Waals surface area contributed by atoms with E-state index >= 15 is 0 Å². The van der Waals surface area contributed by atoms with E-state index in [9.17, 15) is 9.59 Å². The number of hydrogen-bond acceptors (Lipinski definition) is 5. The number of carbonyl (C=O) groups excluding carboxylic acids is 2. The maximum absolute atomic E-state index is 12.9. The first-order valence-corrected chi connectivity index (χ1v) is 10.6. The number of amides is 1. The molecular weight excluding hydrogens is 406 g/mol. The molecule has 6 heteroatoms. The summed E-state index contributed by atoms with van der Waals surface area (Å²) in [5.41, 5.74) is 5.63. The van der Waals surface area contributed by atoms with Crippen LogP contribution in [0.25, 0.3) is 11.1 Å². The average molecular weight is 429 g/mol. The molecule has 1 amide bonds. The molecule has 1 aliphatic carbocycles. The van der Waals surface area contributed by atoms with Crippen molar-refractivity contribution in [1.29, 1.82) is 0 Å². The van der Waals surface area contributed by atoms with Crippen LogP contribution in [0.2, 0.25) is 0 Å². The molecule has 0 spiro atoms. The number of fused-ring (bicyclic) bond motifs is 3. The van der Waals surface area contributed by atoms with Crippen molar-refractivity contribution in [3.05, 3.63) is 89.5 Å². The molecule has 0 unspecified atom stereocenters. The van der Waals surface area contributed by atoms with E-state index in [1.165, 1.54) is 4.90 Å². The highest BCUT2D eigenvalue weighted by atomic mass is 16.6. The van der Waals surface area contributed by atoms with Crippen LogP contribution in [0.5, 0.6) is 5.75 Å².